The molecule has 2 aromatic heterocycles. The minimum atomic E-state index is -0.296. The summed E-state index contributed by atoms with van der Waals surface area (Å²) in [5.41, 5.74) is 2.50. The third kappa shape index (κ3) is 2.62. The molecule has 0 aliphatic carbocycles. The summed E-state index contributed by atoms with van der Waals surface area (Å²) in [6.07, 6.45) is 2.73. The molecule has 0 bridgehead atoms. The molecule has 2 rings (SSSR count). The number of carbonyl (C=O) groups is 1. The Kier molecular flexibility index (Phi) is 3.39. The molecule has 0 fully saturated rings. The van der Waals surface area contributed by atoms with Crippen LogP contribution in [0.15, 0.2) is 29.2 Å². The lowest BCUT2D eigenvalue weighted by atomic mass is 10.2. The van der Waals surface area contributed by atoms with E-state index in [1.54, 1.807) is 11.3 Å². The third-order valence-electron chi connectivity index (χ3n) is 2.45. The van der Waals surface area contributed by atoms with Crippen LogP contribution in [0.5, 0.6) is 5.75 Å². The second-order valence-corrected chi connectivity index (χ2v) is 4.40. The molecule has 0 saturated carbocycles. The highest BCUT2D eigenvalue weighted by atomic mass is 32.1. The molecule has 0 aromatic carbocycles. The van der Waals surface area contributed by atoms with E-state index in [4.69, 9.17) is 0 Å². The van der Waals surface area contributed by atoms with Crippen LogP contribution in [0, 0.1) is 6.92 Å². The van der Waals surface area contributed by atoms with E-state index in [-0.39, 0.29) is 17.2 Å². The zero-order chi connectivity index (χ0) is 12.3. The van der Waals surface area contributed by atoms with Crippen molar-refractivity contribution in [3.05, 3.63) is 45.9 Å². The zero-order valence-electron chi connectivity index (χ0n) is 9.30. The van der Waals surface area contributed by atoms with Crippen LogP contribution in [0.1, 0.15) is 21.5 Å². The topological polar surface area (TPSA) is 62.2 Å². The number of aromatic hydroxyl groups is 1. The van der Waals surface area contributed by atoms with Crippen LogP contribution in [0.25, 0.3) is 0 Å². The highest BCUT2D eigenvalue weighted by Crippen LogP contribution is 2.15. The van der Waals surface area contributed by atoms with Gasteiger partial charge in [-0.25, -0.2) is 0 Å². The Morgan fingerprint density at radius 3 is 3.00 bits per heavy atom. The van der Waals surface area contributed by atoms with Crippen molar-refractivity contribution in [1.82, 2.24) is 10.3 Å². The molecule has 0 radical (unpaired) electrons. The van der Waals surface area contributed by atoms with Crippen molar-refractivity contribution in [3.8, 4) is 5.75 Å². The van der Waals surface area contributed by atoms with E-state index in [0.29, 0.717) is 6.54 Å². The fourth-order valence-corrected chi connectivity index (χ4v) is 2.27. The van der Waals surface area contributed by atoms with Crippen LogP contribution in [0.2, 0.25) is 0 Å². The molecule has 17 heavy (non-hydrogen) atoms. The van der Waals surface area contributed by atoms with Gasteiger partial charge in [0.05, 0.1) is 11.8 Å². The largest absolute Gasteiger partial charge is 0.505 e. The van der Waals surface area contributed by atoms with Crippen molar-refractivity contribution in [2.75, 3.05) is 0 Å². The van der Waals surface area contributed by atoms with Gasteiger partial charge in [-0.15, -0.1) is 0 Å². The summed E-state index contributed by atoms with van der Waals surface area (Å²) in [6, 6.07) is 1.49. The minimum absolute atomic E-state index is 0.105. The predicted molar refractivity (Wildman–Crippen MR) is 66.1 cm³/mol. The number of nitrogens with one attached hydrogen (secondary N) is 1. The van der Waals surface area contributed by atoms with Crippen molar-refractivity contribution in [2.24, 2.45) is 0 Å². The fourth-order valence-electron chi connectivity index (χ4n) is 1.42. The number of rotatable bonds is 3. The molecule has 2 aromatic rings. The number of hydrogen-bond acceptors (Lipinski definition) is 4. The molecule has 0 unspecified atom stereocenters. The van der Waals surface area contributed by atoms with E-state index < -0.39 is 0 Å². The molecule has 0 spiro atoms. The zero-order valence-corrected chi connectivity index (χ0v) is 10.1. The molecular weight excluding hydrogens is 236 g/mol. The molecule has 4 nitrogen and oxygen atoms in total. The van der Waals surface area contributed by atoms with Crippen molar-refractivity contribution < 1.29 is 9.90 Å². The second-order valence-electron chi connectivity index (χ2n) is 3.66. The first-order valence-electron chi connectivity index (χ1n) is 5.11. The maximum absolute atomic E-state index is 11.8. The summed E-state index contributed by atoms with van der Waals surface area (Å²) in [4.78, 5) is 15.5. The van der Waals surface area contributed by atoms with E-state index in [0.717, 1.165) is 11.1 Å². The van der Waals surface area contributed by atoms with Crippen molar-refractivity contribution >= 4 is 17.2 Å². The number of nitrogens with zero attached hydrogens (tertiary/aromatic N) is 1. The highest BCUT2D eigenvalue weighted by molar-refractivity contribution is 7.08. The number of hydrogen-bond donors (Lipinski definition) is 2. The summed E-state index contributed by atoms with van der Waals surface area (Å²) in [6.45, 7) is 2.47. The number of amides is 1. The van der Waals surface area contributed by atoms with Crippen molar-refractivity contribution in [2.45, 2.75) is 13.5 Å². The maximum atomic E-state index is 11.8. The van der Waals surface area contributed by atoms with Gasteiger partial charge in [0.25, 0.3) is 5.91 Å². The van der Waals surface area contributed by atoms with Crippen LogP contribution in [-0.2, 0) is 6.54 Å². The van der Waals surface area contributed by atoms with Gasteiger partial charge in [-0.05, 0) is 34.9 Å². The van der Waals surface area contributed by atoms with E-state index in [9.17, 15) is 9.90 Å². The summed E-state index contributed by atoms with van der Waals surface area (Å²) >= 11 is 1.61. The average Bonchev–Trinajstić information content (AvgIpc) is 2.72. The van der Waals surface area contributed by atoms with Crippen molar-refractivity contribution in [3.63, 3.8) is 0 Å². The Morgan fingerprint density at radius 2 is 2.35 bits per heavy atom. The molecule has 0 atom stereocenters. The van der Waals surface area contributed by atoms with E-state index in [1.807, 2.05) is 17.7 Å². The monoisotopic (exact) mass is 248 g/mol. The summed E-state index contributed by atoms with van der Waals surface area (Å²) in [7, 11) is 0. The quantitative estimate of drug-likeness (QED) is 0.874. The first-order chi connectivity index (χ1) is 8.18. The molecule has 0 aliphatic rings. The summed E-state index contributed by atoms with van der Waals surface area (Å²) < 4.78 is 0. The molecule has 2 N–H and O–H groups in total. The van der Waals surface area contributed by atoms with E-state index >= 15 is 0 Å². The van der Waals surface area contributed by atoms with Gasteiger partial charge in [0.15, 0.2) is 0 Å². The molecule has 88 valence electrons. The molecular formula is C12H12N2O2S. The van der Waals surface area contributed by atoms with Crippen LogP contribution < -0.4 is 5.32 Å². The highest BCUT2D eigenvalue weighted by Gasteiger charge is 2.10. The molecule has 5 heteroatoms. The number of pyridine rings is 1. The Morgan fingerprint density at radius 1 is 1.53 bits per heavy atom. The second kappa shape index (κ2) is 4.97. The van der Waals surface area contributed by atoms with E-state index in [1.165, 1.54) is 18.5 Å². The Balaban J connectivity index is 2.04. The van der Waals surface area contributed by atoms with Gasteiger partial charge in [0, 0.05) is 12.7 Å². The lowest BCUT2D eigenvalue weighted by Crippen LogP contribution is -2.22. The van der Waals surface area contributed by atoms with Crippen molar-refractivity contribution in [1.29, 1.82) is 0 Å². The van der Waals surface area contributed by atoms with Crippen LogP contribution >= 0.6 is 11.3 Å². The molecule has 0 saturated heterocycles. The van der Waals surface area contributed by atoms with Crippen LogP contribution in [0.3, 0.4) is 0 Å². The average molecular weight is 248 g/mol. The SMILES string of the molecule is Cc1cscc1CNC(=O)c1ccncc1O. The minimum Gasteiger partial charge on any atom is -0.505 e. The van der Waals surface area contributed by atoms with Gasteiger partial charge >= 0.3 is 0 Å². The Hall–Kier alpha value is -1.88. The summed E-state index contributed by atoms with van der Waals surface area (Å²) in [5, 5.41) is 16.3. The Labute approximate surface area is 103 Å². The van der Waals surface area contributed by atoms with Crippen LogP contribution in [-0.4, -0.2) is 16.0 Å². The first kappa shape index (κ1) is 11.6. The lowest BCUT2D eigenvalue weighted by molar-refractivity contribution is 0.0948. The normalized spacial score (nSPS) is 10.2. The summed E-state index contributed by atoms with van der Waals surface area (Å²) in [5.74, 6) is -0.400. The van der Waals surface area contributed by atoms with Gasteiger partial charge in [-0.3, -0.25) is 9.78 Å². The van der Waals surface area contributed by atoms with Gasteiger partial charge in [0.1, 0.15) is 5.75 Å². The predicted octanol–water partition coefficient (Wildman–Crippen LogP) is 2.09. The number of aromatic nitrogens is 1. The standard InChI is InChI=1S/C12H12N2O2S/c1-8-6-17-7-9(8)4-14-12(16)10-2-3-13-5-11(10)15/h2-3,5-7,15H,4H2,1H3,(H,14,16). The van der Waals surface area contributed by atoms with E-state index in [2.05, 4.69) is 10.3 Å². The molecule has 1 amide bonds. The van der Waals surface area contributed by atoms with Gasteiger partial charge in [-0.1, -0.05) is 0 Å². The third-order valence-corrected chi connectivity index (χ3v) is 3.36. The Bertz CT molecular complexity index is 537. The smallest absolute Gasteiger partial charge is 0.255 e. The van der Waals surface area contributed by atoms with Gasteiger partial charge in [-0.2, -0.15) is 11.3 Å². The van der Waals surface area contributed by atoms with Gasteiger partial charge < -0.3 is 10.4 Å². The number of thiophene rings is 1. The maximum Gasteiger partial charge on any atom is 0.255 e. The number of carbonyl (C=O) groups excluding carboxylic acids is 1. The lowest BCUT2D eigenvalue weighted by Gasteiger charge is -2.06. The number of aryl methyl sites for hydroxylation is 1. The van der Waals surface area contributed by atoms with Crippen LogP contribution in [0.4, 0.5) is 0 Å². The molecule has 0 aliphatic heterocycles. The van der Waals surface area contributed by atoms with Gasteiger partial charge in [0.2, 0.25) is 0 Å². The fraction of sp³-hybridized carbons (Fsp3) is 0.167. The molecule has 2 heterocycles. The first-order valence-corrected chi connectivity index (χ1v) is 6.05.